The Kier molecular flexibility index (Phi) is 20.5. The van der Waals surface area contributed by atoms with Gasteiger partial charge in [0.25, 0.3) is 0 Å². The highest BCUT2D eigenvalue weighted by Gasteiger charge is 2.49. The summed E-state index contributed by atoms with van der Waals surface area (Å²) in [6, 6.07) is 0.798. The number of aliphatic hydroxyl groups is 1. The van der Waals surface area contributed by atoms with Crippen LogP contribution >= 0.6 is 0 Å². The Morgan fingerprint density at radius 1 is 0.662 bits per heavy atom. The van der Waals surface area contributed by atoms with Crippen LogP contribution in [0.2, 0.25) is 0 Å². The van der Waals surface area contributed by atoms with Crippen LogP contribution in [0.1, 0.15) is 78.1 Å². The number of cyclic esters (lactones) is 1. The van der Waals surface area contributed by atoms with Crippen molar-refractivity contribution in [3.8, 4) is 0 Å². The lowest BCUT2D eigenvalue weighted by Crippen LogP contribution is -2.54. The van der Waals surface area contributed by atoms with E-state index in [4.69, 9.17) is 42.6 Å². The number of likely N-dealkylation sites (tertiary alicyclic amines) is 2. The molecule has 10 fully saturated rings. The van der Waals surface area contributed by atoms with Gasteiger partial charge in [-0.3, -0.25) is 4.79 Å². The van der Waals surface area contributed by atoms with Crippen molar-refractivity contribution in [2.45, 2.75) is 125 Å². The molecule has 3 amide bonds. The molecular formula is C44H75N5O16. The average Bonchev–Trinajstić information content (AvgIpc) is 4.20. The molecule has 10 aliphatic heterocycles. The van der Waals surface area contributed by atoms with Crippen molar-refractivity contribution in [1.82, 2.24) is 25.3 Å². The summed E-state index contributed by atoms with van der Waals surface area (Å²) in [6.45, 7) is 20.3. The number of rotatable bonds is 1. The van der Waals surface area contributed by atoms with E-state index in [2.05, 4.69) is 40.2 Å². The van der Waals surface area contributed by atoms with E-state index >= 15 is 0 Å². The number of amides is 3. The molecule has 3 N–H and O–H groups in total. The summed E-state index contributed by atoms with van der Waals surface area (Å²) in [5.41, 5.74) is 0. The molecule has 10 aliphatic rings. The molecule has 0 aliphatic carbocycles. The highest BCUT2D eigenvalue weighted by Crippen LogP contribution is 2.37. The Balaban J connectivity index is 0.000000153. The summed E-state index contributed by atoms with van der Waals surface area (Å²) >= 11 is 0. The fraction of sp³-hybridized carbons (Fsp3) is 0.864. The Labute approximate surface area is 383 Å². The van der Waals surface area contributed by atoms with Crippen LogP contribution in [0.15, 0.2) is 13.2 Å². The van der Waals surface area contributed by atoms with E-state index < -0.39 is 23.5 Å². The summed E-state index contributed by atoms with van der Waals surface area (Å²) < 4.78 is 58.9. The van der Waals surface area contributed by atoms with E-state index in [1.54, 1.807) is 9.80 Å². The second-order valence-electron chi connectivity index (χ2n) is 17.4. The molecule has 10 rings (SSSR count). The predicted octanol–water partition coefficient (Wildman–Crippen LogP) is 2.52. The van der Waals surface area contributed by atoms with Gasteiger partial charge in [0.05, 0.1) is 85.8 Å². The summed E-state index contributed by atoms with van der Waals surface area (Å²) in [4.78, 5) is 49.5. The van der Waals surface area contributed by atoms with Crippen molar-refractivity contribution in [1.29, 1.82) is 0 Å². The summed E-state index contributed by atoms with van der Waals surface area (Å²) in [5.74, 6) is -1.25. The summed E-state index contributed by atoms with van der Waals surface area (Å²) in [6.07, 6.45) is 6.68. The quantitative estimate of drug-likeness (QED) is 0.254. The van der Waals surface area contributed by atoms with Crippen molar-refractivity contribution in [2.24, 2.45) is 0 Å². The number of fused-ring (bicyclic) bond motifs is 1. The van der Waals surface area contributed by atoms with E-state index in [0.717, 1.165) is 77.7 Å². The maximum absolute atomic E-state index is 11.5. The van der Waals surface area contributed by atoms with Gasteiger partial charge in [-0.1, -0.05) is 0 Å². The van der Waals surface area contributed by atoms with E-state index in [-0.39, 0.29) is 36.7 Å². The number of Topliss-reactive ketones (excluding diaryl/α,β-unsaturated/α-hetero) is 1. The van der Waals surface area contributed by atoms with Crippen LogP contribution in [0.3, 0.4) is 0 Å². The van der Waals surface area contributed by atoms with Gasteiger partial charge in [-0.05, 0) is 13.8 Å². The van der Waals surface area contributed by atoms with Gasteiger partial charge in [0, 0.05) is 116 Å². The first-order valence-corrected chi connectivity index (χ1v) is 23.2. The minimum absolute atomic E-state index is 0.108. The zero-order valence-corrected chi connectivity index (χ0v) is 39.0. The second-order valence-corrected chi connectivity index (χ2v) is 17.4. The number of nitrogens with one attached hydrogen (secondary N) is 2. The fourth-order valence-electron chi connectivity index (χ4n) is 9.60. The zero-order chi connectivity index (χ0) is 46.9. The number of methoxy groups -OCH3 is 2. The molecule has 0 radical (unpaired) electrons. The van der Waals surface area contributed by atoms with E-state index in [1.165, 1.54) is 19.1 Å². The van der Waals surface area contributed by atoms with Gasteiger partial charge in [0.1, 0.15) is 12.4 Å². The molecule has 0 saturated carbocycles. The standard InChI is InChI=1S/C10H17NO5.C9H13NO4.C9H15NO4.C8H15NO2.C6H11NO.C2H4/c1-14-9(13)11-3-2-10(6-8(11)7-12)15-4-5-16-10;11-8-10-2-1-9(13-3-4-14-9)5-7(10)6-12-8;1-12-8(11)10-4-2-9(3-5-10)13-6-7-14-9;1-7-6-8(2-3-9-7)10-4-5-11-8;1-5-4-6(8)2-3-7-5;1-2/h8,12H,2-7H2,1H3;7H,1-6H2;2-7H2,1H3;7,9H,2-6H2,1H3;5,7H,2-4H2,1H3;1-2H2. The molecule has 4 spiro atoms. The van der Waals surface area contributed by atoms with Crippen LogP contribution in [0.25, 0.3) is 0 Å². The summed E-state index contributed by atoms with van der Waals surface area (Å²) in [5, 5.41) is 15.9. The van der Waals surface area contributed by atoms with Crippen LogP contribution in [-0.2, 0) is 56.9 Å². The number of aliphatic hydroxyl groups excluding tert-OH is 1. The minimum atomic E-state index is -0.599. The van der Waals surface area contributed by atoms with Gasteiger partial charge in [0.15, 0.2) is 23.1 Å². The van der Waals surface area contributed by atoms with E-state index in [1.807, 2.05) is 6.92 Å². The molecule has 372 valence electrons. The number of carbonyl (C=O) groups excluding carboxylic acids is 4. The van der Waals surface area contributed by atoms with Crippen molar-refractivity contribution in [3.05, 3.63) is 13.2 Å². The van der Waals surface area contributed by atoms with Crippen LogP contribution in [0.4, 0.5) is 14.4 Å². The van der Waals surface area contributed by atoms with Crippen molar-refractivity contribution < 1.29 is 76.4 Å². The predicted molar refractivity (Wildman–Crippen MR) is 232 cm³/mol. The molecule has 0 bridgehead atoms. The number of hydrogen-bond acceptors (Lipinski definition) is 18. The third-order valence-corrected chi connectivity index (χ3v) is 13.0. The van der Waals surface area contributed by atoms with Gasteiger partial charge >= 0.3 is 18.3 Å². The Hall–Kier alpha value is -3.22. The number of nitrogens with zero attached hydrogens (tertiary/aromatic N) is 3. The molecule has 21 nitrogen and oxygen atoms in total. The smallest absolute Gasteiger partial charge is 0.410 e. The van der Waals surface area contributed by atoms with Gasteiger partial charge in [-0.2, -0.15) is 0 Å². The normalized spacial score (nSPS) is 29.9. The molecule has 21 heteroatoms. The van der Waals surface area contributed by atoms with Crippen molar-refractivity contribution in [3.63, 3.8) is 0 Å². The molecule has 10 heterocycles. The SMILES string of the molecule is C=C.CC1CC(=O)CCN1.CC1CC2(CCN1)OCCO2.COC(=O)N1CCC2(CC1)OCCO2.COC(=O)N1CCC2(CC1CO)OCCO2.O=C1OCC2CC3(CCN12)OCCO3. The van der Waals surface area contributed by atoms with Crippen LogP contribution < -0.4 is 10.6 Å². The molecule has 0 aromatic carbocycles. The van der Waals surface area contributed by atoms with Crippen molar-refractivity contribution >= 4 is 24.1 Å². The van der Waals surface area contributed by atoms with Crippen LogP contribution in [-0.4, -0.2) is 211 Å². The molecule has 10 saturated heterocycles. The van der Waals surface area contributed by atoms with Gasteiger partial charge in [0.2, 0.25) is 0 Å². The van der Waals surface area contributed by atoms with Gasteiger partial charge in [-0.25, -0.2) is 14.4 Å². The molecule has 4 unspecified atom stereocenters. The lowest BCUT2D eigenvalue weighted by molar-refractivity contribution is -0.195. The second kappa shape index (κ2) is 25.2. The number of ketones is 1. The number of piperidine rings is 5. The van der Waals surface area contributed by atoms with Gasteiger partial charge in [-0.15, -0.1) is 13.2 Å². The third kappa shape index (κ3) is 14.6. The maximum Gasteiger partial charge on any atom is 0.410 e. The number of hydrogen-bond donors (Lipinski definition) is 3. The van der Waals surface area contributed by atoms with Crippen molar-refractivity contribution in [2.75, 3.05) is 120 Å². The highest BCUT2D eigenvalue weighted by atomic mass is 16.8. The average molecular weight is 930 g/mol. The fourth-order valence-corrected chi connectivity index (χ4v) is 9.60. The highest BCUT2D eigenvalue weighted by molar-refractivity contribution is 5.79. The lowest BCUT2D eigenvalue weighted by Gasteiger charge is -2.41. The largest absolute Gasteiger partial charge is 0.453 e. The first kappa shape index (κ1) is 52.7. The Bertz CT molecular complexity index is 1490. The monoisotopic (exact) mass is 930 g/mol. The van der Waals surface area contributed by atoms with E-state index in [0.29, 0.717) is 103 Å². The lowest BCUT2D eigenvalue weighted by atomic mass is 9.97. The first-order chi connectivity index (χ1) is 31.3. The molecule has 0 aromatic rings. The molecule has 65 heavy (non-hydrogen) atoms. The maximum atomic E-state index is 11.5. The van der Waals surface area contributed by atoms with Gasteiger partial charge < -0.3 is 82.5 Å². The minimum Gasteiger partial charge on any atom is -0.453 e. The third-order valence-electron chi connectivity index (χ3n) is 13.0. The Morgan fingerprint density at radius 2 is 1.15 bits per heavy atom. The summed E-state index contributed by atoms with van der Waals surface area (Å²) in [7, 11) is 2.74. The first-order valence-electron chi connectivity index (χ1n) is 23.2. The molecule has 4 atom stereocenters. The number of ether oxygens (including phenoxy) is 11. The molecule has 0 aromatic heterocycles. The van der Waals surface area contributed by atoms with Crippen LogP contribution in [0.5, 0.6) is 0 Å². The zero-order valence-electron chi connectivity index (χ0n) is 39.0. The number of carbonyl (C=O) groups is 4. The van der Waals surface area contributed by atoms with Crippen LogP contribution in [0, 0.1) is 0 Å². The van der Waals surface area contributed by atoms with E-state index in [9.17, 15) is 24.3 Å². The topological polar surface area (TPSA) is 224 Å². The molecular weight excluding hydrogens is 855 g/mol. The Morgan fingerprint density at radius 3 is 1.65 bits per heavy atom.